The van der Waals surface area contributed by atoms with Gasteiger partial charge in [0.25, 0.3) is 6.71 Å². The minimum Gasteiger partial charge on any atom is -0.312 e. The highest BCUT2D eigenvalue weighted by molar-refractivity contribution is 7.32. The summed E-state index contributed by atoms with van der Waals surface area (Å²) in [5.74, 6) is 0.433. The smallest absolute Gasteiger partial charge is 0.260 e. The molecule has 3 nitrogen and oxygen atoms in total. The molecule has 1 aromatic heterocycles. The minimum absolute atomic E-state index is 0.00734. The van der Waals surface area contributed by atoms with Gasteiger partial charge in [0.05, 0.1) is 12.3 Å². The van der Waals surface area contributed by atoms with Crippen LogP contribution >= 0.6 is 11.3 Å². The van der Waals surface area contributed by atoms with Crippen LogP contribution in [-0.4, -0.2) is 6.71 Å². The van der Waals surface area contributed by atoms with Gasteiger partial charge >= 0.3 is 0 Å². The fraction of sp³-hybridized carbons (Fsp3) is 0.411. The molecule has 1 atom stereocenters. The van der Waals surface area contributed by atoms with Crippen molar-refractivity contribution in [2.24, 2.45) is 16.7 Å². The molecule has 0 spiro atoms. The predicted molar refractivity (Wildman–Crippen MR) is 337 cm³/mol. The first kappa shape index (κ1) is 51.4. The number of fused-ring (bicyclic) bond motifs is 8. The van der Waals surface area contributed by atoms with Crippen molar-refractivity contribution in [1.29, 1.82) is 0 Å². The fourth-order valence-electron chi connectivity index (χ4n) is 15.4. The Morgan fingerprint density at radius 1 is 0.564 bits per heavy atom. The van der Waals surface area contributed by atoms with Gasteiger partial charge in [0.2, 0.25) is 0 Å². The summed E-state index contributed by atoms with van der Waals surface area (Å²) >= 11 is 2.08. The van der Waals surface area contributed by atoms with Gasteiger partial charge in [-0.1, -0.05) is 176 Å². The molecule has 396 valence electrons. The van der Waals surface area contributed by atoms with Crippen molar-refractivity contribution in [3.8, 4) is 22.3 Å². The van der Waals surface area contributed by atoms with E-state index in [2.05, 4.69) is 239 Å². The number of hydrogen-bond donors (Lipinski definition) is 0. The van der Waals surface area contributed by atoms with Crippen LogP contribution in [0, 0.1) is 23.3 Å². The first-order chi connectivity index (χ1) is 36.7. The molecule has 13 rings (SSSR count). The van der Waals surface area contributed by atoms with Gasteiger partial charge in [0, 0.05) is 43.3 Å². The van der Waals surface area contributed by atoms with Crippen molar-refractivity contribution >= 4 is 72.5 Å². The maximum absolute atomic E-state index is 8.04. The lowest BCUT2D eigenvalue weighted by atomic mass is 9.33. The third kappa shape index (κ3) is 7.76. The summed E-state index contributed by atoms with van der Waals surface area (Å²) in [4.78, 5) is 9.40. The lowest BCUT2D eigenvalue weighted by Crippen LogP contribution is -2.56. The number of anilines is 5. The first-order valence-electron chi connectivity index (χ1n) is 29.4. The number of thiophene rings is 1. The van der Waals surface area contributed by atoms with Crippen LogP contribution in [0.25, 0.3) is 37.2 Å². The molecule has 1 unspecified atom stereocenters. The summed E-state index contributed by atoms with van der Waals surface area (Å²) in [5, 5.41) is 1.38. The average Bonchev–Trinajstić information content (AvgIpc) is 2.69. The zero-order chi connectivity index (χ0) is 55.0. The molecule has 78 heavy (non-hydrogen) atoms. The number of hydrogen-bond acceptors (Lipinski definition) is 3. The topological polar surface area (TPSA) is 10.8 Å². The van der Waals surface area contributed by atoms with E-state index in [1.54, 1.807) is 11.0 Å². The van der Waals surface area contributed by atoms with Crippen LogP contribution in [0.15, 0.2) is 138 Å². The second kappa shape index (κ2) is 17.0. The Morgan fingerprint density at radius 2 is 1.14 bits per heavy atom. The highest BCUT2D eigenvalue weighted by atomic mass is 32.1. The van der Waals surface area contributed by atoms with Crippen LogP contribution in [-0.2, 0) is 27.1 Å². The molecule has 3 heterocycles. The van der Waals surface area contributed by atoms with E-state index in [-0.39, 0.29) is 44.6 Å². The summed E-state index contributed by atoms with van der Waals surface area (Å²) < 4.78 is 2.88. The zero-order valence-electron chi connectivity index (χ0n) is 49.4. The van der Waals surface area contributed by atoms with Gasteiger partial charge in [-0.25, -0.2) is 4.85 Å². The van der Waals surface area contributed by atoms with Crippen LogP contribution in [0.1, 0.15) is 177 Å². The molecule has 0 N–H and O–H groups in total. The van der Waals surface area contributed by atoms with Crippen LogP contribution in [0.3, 0.4) is 0 Å². The molecule has 0 radical (unpaired) electrons. The molecular formula is C73H80BN3S. The number of nitrogens with zero attached hydrogens (tertiary/aromatic N) is 3. The van der Waals surface area contributed by atoms with Crippen LogP contribution in [0.2, 0.25) is 0 Å². The van der Waals surface area contributed by atoms with E-state index in [0.29, 0.717) is 11.6 Å². The second-order valence-corrected chi connectivity index (χ2v) is 30.7. The lowest BCUT2D eigenvalue weighted by molar-refractivity contribution is 0.122. The van der Waals surface area contributed by atoms with E-state index in [4.69, 9.17) is 6.57 Å². The molecule has 7 aromatic rings. The van der Waals surface area contributed by atoms with Gasteiger partial charge < -0.3 is 9.80 Å². The van der Waals surface area contributed by atoms with Crippen molar-refractivity contribution in [2.45, 2.75) is 176 Å². The molecule has 0 amide bonds. The molecule has 6 aliphatic rings. The van der Waals surface area contributed by atoms with Crippen LogP contribution < -0.4 is 20.0 Å². The first-order valence-corrected chi connectivity index (χ1v) is 30.2. The lowest BCUT2D eigenvalue weighted by Gasteiger charge is -2.53. The van der Waals surface area contributed by atoms with Gasteiger partial charge in [-0.3, -0.25) is 0 Å². The Hall–Kier alpha value is -6.09. The number of allylic oxidation sites excluding steroid dienone is 3. The second-order valence-electron chi connectivity index (χ2n) is 29.7. The van der Waals surface area contributed by atoms with E-state index in [0.717, 1.165) is 24.0 Å². The Morgan fingerprint density at radius 3 is 1.78 bits per heavy atom. The van der Waals surface area contributed by atoms with Crippen LogP contribution in [0.4, 0.5) is 34.1 Å². The highest BCUT2D eigenvalue weighted by Gasteiger charge is 2.53. The maximum Gasteiger partial charge on any atom is 0.260 e. The van der Waals surface area contributed by atoms with Gasteiger partial charge in [-0.2, -0.15) is 0 Å². The van der Waals surface area contributed by atoms with Gasteiger partial charge in [-0.15, -0.1) is 11.3 Å². The van der Waals surface area contributed by atoms with Crippen molar-refractivity contribution in [1.82, 2.24) is 0 Å². The SMILES string of the molecule is [C-]#[N+]c1cccc(-c2ccccc2-c2cc3c4c(c2)N(c2ccc(C(C)(C)C)cc2)c2c(sc5cc6c(cc25)C(C)(C)CCC6(C)C)B4C2=C(C=C4C(C2)C(C)(C)CCC4(C)C)N3c2ccc3c(c2)C(C)(C)CCC3(C)C)c1. The van der Waals surface area contributed by atoms with E-state index >= 15 is 0 Å². The quantitative estimate of drug-likeness (QED) is 0.129. The van der Waals surface area contributed by atoms with E-state index < -0.39 is 0 Å². The molecule has 0 saturated heterocycles. The Bertz CT molecular complexity index is 3800. The largest absolute Gasteiger partial charge is 0.312 e. The summed E-state index contributed by atoms with van der Waals surface area (Å²) in [5.41, 5.74) is 25.4. The molecule has 5 heteroatoms. The fourth-order valence-corrected chi connectivity index (χ4v) is 16.8. The molecule has 1 fully saturated rings. The highest BCUT2D eigenvalue weighted by Crippen LogP contribution is 2.61. The third-order valence-electron chi connectivity index (χ3n) is 20.8. The Balaban J connectivity index is 1.19. The Labute approximate surface area is 471 Å². The summed E-state index contributed by atoms with van der Waals surface area (Å²) in [7, 11) is 0. The van der Waals surface area contributed by atoms with Gasteiger partial charge in [-0.05, 0) is 205 Å². The number of benzene rings is 6. The van der Waals surface area contributed by atoms with Gasteiger partial charge in [0.1, 0.15) is 0 Å². The monoisotopic (exact) mass is 1040 g/mol. The molecule has 4 aliphatic carbocycles. The molecule has 6 aromatic carbocycles. The third-order valence-corrected chi connectivity index (χ3v) is 22.0. The van der Waals surface area contributed by atoms with E-state index in [1.165, 1.54) is 126 Å². The molecular weight excluding hydrogens is 962 g/mol. The summed E-state index contributed by atoms with van der Waals surface area (Å²) in [6.45, 7) is 45.1. The zero-order valence-corrected chi connectivity index (χ0v) is 50.2. The van der Waals surface area contributed by atoms with Crippen molar-refractivity contribution in [3.63, 3.8) is 0 Å². The van der Waals surface area contributed by atoms with Crippen molar-refractivity contribution < 1.29 is 0 Å². The summed E-state index contributed by atoms with van der Waals surface area (Å²) in [6.07, 6.45) is 10.9. The molecule has 0 bridgehead atoms. The molecule has 2 aliphatic heterocycles. The average molecular weight is 1040 g/mol. The maximum atomic E-state index is 8.04. The van der Waals surface area contributed by atoms with E-state index in [1.807, 2.05) is 12.1 Å². The predicted octanol–water partition coefficient (Wildman–Crippen LogP) is 19.9. The van der Waals surface area contributed by atoms with E-state index in [9.17, 15) is 0 Å². The minimum atomic E-state index is 0.00734. The van der Waals surface area contributed by atoms with Crippen molar-refractivity contribution in [2.75, 3.05) is 9.80 Å². The van der Waals surface area contributed by atoms with Gasteiger partial charge in [0.15, 0.2) is 5.69 Å². The van der Waals surface area contributed by atoms with Crippen molar-refractivity contribution in [3.05, 3.63) is 177 Å². The Kier molecular flexibility index (Phi) is 11.2. The van der Waals surface area contributed by atoms with Crippen LogP contribution in [0.5, 0.6) is 0 Å². The summed E-state index contributed by atoms with van der Waals surface area (Å²) in [6, 6.07) is 44.9. The normalized spacial score (nSPS) is 21.6. The standard InChI is InChI=1S/C73H80BN3S/c1-67(2,3)46-24-26-48(27-25-46)77-62-38-45(51-23-18-17-22-50(51)44-20-19-21-47(36-44)75-16)37-61-64(62)74(66-65(77)52-40-55-58(43-63(52)78-66)73(14,15)35-32-70(55,8)9)59-41-56-57(72(12,13)34-33-71(56,10)11)42-60(59)76(61)49-28-29-53-54(39-49)69(6,7)31-30-68(53,4)5/h17-29,36-40,42-43,56H,30-35,41H2,1-15H3. The number of rotatable bonds is 4. The molecule has 1 saturated carbocycles.